The van der Waals surface area contributed by atoms with Gasteiger partial charge in [0.25, 0.3) is 0 Å². The molecule has 5 heteroatoms. The summed E-state index contributed by atoms with van der Waals surface area (Å²) in [5, 5.41) is -0.0601. The van der Waals surface area contributed by atoms with Crippen LogP contribution in [0.5, 0.6) is 5.75 Å². The van der Waals surface area contributed by atoms with Crippen molar-refractivity contribution in [2.45, 2.75) is 23.6 Å². The fourth-order valence-corrected chi connectivity index (χ4v) is 3.29. The molecule has 144 valence electrons. The number of ether oxygens (including phenoxy) is 1. The van der Waals surface area contributed by atoms with Crippen LogP contribution in [-0.2, 0) is 9.59 Å². The van der Waals surface area contributed by atoms with Gasteiger partial charge in [-0.2, -0.15) is 0 Å². The Kier molecular flexibility index (Phi) is 8.36. The highest BCUT2D eigenvalue weighted by Crippen LogP contribution is 2.24. The van der Waals surface area contributed by atoms with Crippen LogP contribution >= 0.6 is 23.5 Å². The molecule has 0 aliphatic rings. The molecule has 0 saturated carbocycles. The lowest BCUT2D eigenvalue weighted by atomic mass is 10.2. The van der Waals surface area contributed by atoms with E-state index < -0.39 is 0 Å². The molecule has 3 nitrogen and oxygen atoms in total. The average Bonchev–Trinajstić information content (AvgIpc) is 2.67. The van der Waals surface area contributed by atoms with E-state index in [2.05, 4.69) is 13.2 Å². The molecule has 0 radical (unpaired) electrons. The number of carbonyl (C=O) groups is 2. The molecule has 0 saturated heterocycles. The molecule has 0 N–H and O–H groups in total. The first-order valence-corrected chi connectivity index (χ1v) is 10.2. The first-order chi connectivity index (χ1) is 13.3. The molecule has 0 bridgehead atoms. The van der Waals surface area contributed by atoms with Gasteiger partial charge in [-0.25, -0.2) is 0 Å². The molecule has 0 aromatic heterocycles. The Hall–Kier alpha value is -2.50. The van der Waals surface area contributed by atoms with E-state index in [-0.39, 0.29) is 10.2 Å². The summed E-state index contributed by atoms with van der Waals surface area (Å²) in [4.78, 5) is 25.1. The Morgan fingerprint density at radius 1 is 0.857 bits per heavy atom. The van der Waals surface area contributed by atoms with Gasteiger partial charge in [0.2, 0.25) is 10.2 Å². The van der Waals surface area contributed by atoms with Gasteiger partial charge in [0.15, 0.2) is 0 Å². The van der Waals surface area contributed by atoms with Crippen LogP contribution in [0.15, 0.2) is 88.7 Å². The largest absolute Gasteiger partial charge is 0.490 e. The van der Waals surface area contributed by atoms with Crippen LogP contribution in [0.25, 0.3) is 6.08 Å². The fourth-order valence-electron chi connectivity index (χ4n) is 1.97. The van der Waals surface area contributed by atoms with Gasteiger partial charge in [0, 0.05) is 9.79 Å². The van der Waals surface area contributed by atoms with Crippen molar-refractivity contribution in [3.8, 4) is 5.75 Å². The predicted molar refractivity (Wildman–Crippen MR) is 119 cm³/mol. The molecule has 2 aromatic carbocycles. The minimum atomic E-state index is -0.0370. The van der Waals surface area contributed by atoms with Crippen LogP contribution in [-0.4, -0.2) is 16.8 Å². The van der Waals surface area contributed by atoms with Crippen molar-refractivity contribution in [2.75, 3.05) is 6.61 Å². The number of hydrogen-bond acceptors (Lipinski definition) is 5. The molecule has 2 aromatic rings. The molecule has 28 heavy (non-hydrogen) atoms. The smallest absolute Gasteiger partial charge is 0.219 e. The van der Waals surface area contributed by atoms with Crippen molar-refractivity contribution >= 4 is 39.8 Å². The van der Waals surface area contributed by atoms with Gasteiger partial charge in [-0.3, -0.25) is 9.59 Å². The van der Waals surface area contributed by atoms with Crippen LogP contribution in [0.2, 0.25) is 0 Å². The molecule has 0 aliphatic heterocycles. The second kappa shape index (κ2) is 10.7. The summed E-state index contributed by atoms with van der Waals surface area (Å²) >= 11 is 2.33. The second-order valence-electron chi connectivity index (χ2n) is 6.09. The molecule has 0 fully saturated rings. The van der Waals surface area contributed by atoms with E-state index in [9.17, 15) is 9.59 Å². The van der Waals surface area contributed by atoms with Gasteiger partial charge >= 0.3 is 0 Å². The number of hydrogen-bond donors (Lipinski definition) is 0. The average molecular weight is 411 g/mol. The Balaban J connectivity index is 1.81. The summed E-state index contributed by atoms with van der Waals surface area (Å²) in [6.07, 6.45) is 3.89. The van der Waals surface area contributed by atoms with Gasteiger partial charge in [-0.05, 0) is 96.6 Å². The highest BCUT2D eigenvalue weighted by molar-refractivity contribution is 8.14. The quantitative estimate of drug-likeness (QED) is 0.385. The maximum Gasteiger partial charge on any atom is 0.219 e. The van der Waals surface area contributed by atoms with Crippen molar-refractivity contribution in [1.29, 1.82) is 0 Å². The zero-order chi connectivity index (χ0) is 20.5. The van der Waals surface area contributed by atoms with Gasteiger partial charge in [0.1, 0.15) is 12.4 Å². The third-order valence-corrected chi connectivity index (χ3v) is 5.56. The molecule has 0 unspecified atom stereocenters. The lowest BCUT2D eigenvalue weighted by molar-refractivity contribution is -0.108. The molecule has 0 spiro atoms. The van der Waals surface area contributed by atoms with E-state index in [1.165, 1.54) is 11.8 Å². The highest BCUT2D eigenvalue weighted by atomic mass is 32.2. The van der Waals surface area contributed by atoms with Crippen molar-refractivity contribution in [2.24, 2.45) is 0 Å². The molecule has 0 amide bonds. The summed E-state index contributed by atoms with van der Waals surface area (Å²) in [6, 6.07) is 15.1. The van der Waals surface area contributed by atoms with Gasteiger partial charge in [-0.15, -0.1) is 0 Å². The summed E-state index contributed by atoms with van der Waals surface area (Å²) in [5.41, 5.74) is 2.10. The fraction of sp³-hybridized carbons (Fsp3) is 0.130. The summed E-state index contributed by atoms with van der Waals surface area (Å²) < 4.78 is 5.68. The Morgan fingerprint density at radius 3 is 1.79 bits per heavy atom. The first-order valence-electron chi connectivity index (χ1n) is 8.60. The van der Waals surface area contributed by atoms with E-state index >= 15 is 0 Å². The number of carbonyl (C=O) groups excluding carboxylic acids is 2. The zero-order valence-corrected chi connectivity index (χ0v) is 17.6. The van der Waals surface area contributed by atoms with E-state index in [4.69, 9.17) is 4.74 Å². The SMILES string of the molecule is C=C(C)C(=O)Sc1ccc(C=CCOc2ccc(SC(=O)C(=C)C)cc2)cc1. The third-order valence-electron chi connectivity index (χ3n) is 3.48. The monoisotopic (exact) mass is 410 g/mol. The molecular formula is C23H22O3S2. The van der Waals surface area contributed by atoms with Crippen LogP contribution in [0.4, 0.5) is 0 Å². The van der Waals surface area contributed by atoms with E-state index in [1.54, 1.807) is 13.8 Å². The van der Waals surface area contributed by atoms with Crippen molar-refractivity contribution in [1.82, 2.24) is 0 Å². The molecular weight excluding hydrogens is 388 g/mol. The maximum absolute atomic E-state index is 11.7. The molecule has 2 rings (SSSR count). The van der Waals surface area contributed by atoms with Gasteiger partial charge in [0.05, 0.1) is 0 Å². The normalized spacial score (nSPS) is 10.6. The van der Waals surface area contributed by atoms with Gasteiger partial charge < -0.3 is 4.74 Å². The maximum atomic E-state index is 11.7. The Morgan fingerprint density at radius 2 is 1.32 bits per heavy atom. The lowest BCUT2D eigenvalue weighted by Crippen LogP contribution is -1.94. The van der Waals surface area contributed by atoms with Crippen LogP contribution in [0.3, 0.4) is 0 Å². The third kappa shape index (κ3) is 7.25. The minimum absolute atomic E-state index is 0.0231. The number of rotatable bonds is 8. The molecule has 0 aliphatic carbocycles. The zero-order valence-electron chi connectivity index (χ0n) is 15.9. The Bertz CT molecular complexity index is 894. The van der Waals surface area contributed by atoms with Crippen LogP contribution < -0.4 is 4.74 Å². The van der Waals surface area contributed by atoms with Crippen LogP contribution in [0, 0.1) is 0 Å². The van der Waals surface area contributed by atoms with Crippen LogP contribution in [0.1, 0.15) is 19.4 Å². The lowest BCUT2D eigenvalue weighted by Gasteiger charge is -2.05. The van der Waals surface area contributed by atoms with E-state index in [0.717, 1.165) is 32.9 Å². The molecule has 0 heterocycles. The summed E-state index contributed by atoms with van der Waals surface area (Å²) in [5.74, 6) is 0.738. The first kappa shape index (κ1) is 21.8. The highest BCUT2D eigenvalue weighted by Gasteiger charge is 2.06. The van der Waals surface area contributed by atoms with Gasteiger partial charge in [-0.1, -0.05) is 31.4 Å². The standard InChI is InChI=1S/C23H22O3S2/c1-16(2)22(24)27-20-11-7-18(8-12-20)6-5-15-26-19-9-13-21(14-10-19)28-23(25)17(3)4/h5-14H,1,3,15H2,2,4H3. The van der Waals surface area contributed by atoms with E-state index in [1.807, 2.05) is 60.7 Å². The van der Waals surface area contributed by atoms with Crippen molar-refractivity contribution in [3.05, 3.63) is 84.5 Å². The van der Waals surface area contributed by atoms with Crippen molar-refractivity contribution < 1.29 is 14.3 Å². The topological polar surface area (TPSA) is 43.4 Å². The predicted octanol–water partition coefficient (Wildman–Crippen LogP) is 6.17. The Labute approximate surface area is 174 Å². The minimum Gasteiger partial charge on any atom is -0.490 e. The van der Waals surface area contributed by atoms with Crippen molar-refractivity contribution in [3.63, 3.8) is 0 Å². The molecule has 0 atom stereocenters. The summed E-state index contributed by atoms with van der Waals surface area (Å²) in [7, 11) is 0. The number of thioether (sulfide) groups is 2. The second-order valence-corrected chi connectivity index (χ2v) is 8.19. The number of benzene rings is 2. The van der Waals surface area contributed by atoms with E-state index in [0.29, 0.717) is 17.8 Å². The summed E-state index contributed by atoms with van der Waals surface area (Å²) in [6.45, 7) is 11.1.